The largest absolute Gasteiger partial charge is 0.493 e. The van der Waals surface area contributed by atoms with E-state index in [0.29, 0.717) is 12.6 Å². The van der Waals surface area contributed by atoms with Gasteiger partial charge in [-0.05, 0) is 56.2 Å². The SMILES string of the molecule is CN=C(NCc1ccccc1OCC1CC1)NC1CCN(c2ccc(C)cn2)CC1. The molecule has 1 aliphatic carbocycles. The molecule has 1 aromatic carbocycles. The first-order valence-electron chi connectivity index (χ1n) is 11.1. The summed E-state index contributed by atoms with van der Waals surface area (Å²) in [5, 5.41) is 7.05. The molecule has 1 aromatic heterocycles. The van der Waals surface area contributed by atoms with Crippen LogP contribution in [0.25, 0.3) is 0 Å². The Labute approximate surface area is 179 Å². The summed E-state index contributed by atoms with van der Waals surface area (Å²) in [7, 11) is 1.83. The number of para-hydroxylation sites is 1. The Hall–Kier alpha value is -2.76. The predicted molar refractivity (Wildman–Crippen MR) is 122 cm³/mol. The number of nitrogens with one attached hydrogen (secondary N) is 2. The van der Waals surface area contributed by atoms with Crippen molar-refractivity contribution in [3.05, 3.63) is 53.7 Å². The minimum absolute atomic E-state index is 0.416. The van der Waals surface area contributed by atoms with E-state index >= 15 is 0 Å². The van der Waals surface area contributed by atoms with Crippen LogP contribution in [0.5, 0.6) is 5.75 Å². The molecule has 1 saturated carbocycles. The van der Waals surface area contributed by atoms with Gasteiger partial charge >= 0.3 is 0 Å². The van der Waals surface area contributed by atoms with Gasteiger partial charge < -0.3 is 20.3 Å². The van der Waals surface area contributed by atoms with Gasteiger partial charge in [0, 0.05) is 44.5 Å². The van der Waals surface area contributed by atoms with E-state index in [9.17, 15) is 0 Å². The van der Waals surface area contributed by atoms with E-state index in [-0.39, 0.29) is 0 Å². The molecular formula is C24H33N5O. The lowest BCUT2D eigenvalue weighted by Gasteiger charge is -2.33. The second-order valence-corrected chi connectivity index (χ2v) is 8.39. The quantitative estimate of drug-likeness (QED) is 0.543. The number of hydrogen-bond donors (Lipinski definition) is 2. The van der Waals surface area contributed by atoms with Crippen LogP contribution in [-0.4, -0.2) is 43.7 Å². The summed E-state index contributed by atoms with van der Waals surface area (Å²) in [5.74, 6) is 3.65. The van der Waals surface area contributed by atoms with Crippen molar-refractivity contribution < 1.29 is 4.74 Å². The fraction of sp³-hybridized carbons (Fsp3) is 0.500. The molecule has 2 aliphatic rings. The molecule has 0 radical (unpaired) electrons. The zero-order chi connectivity index (χ0) is 20.8. The van der Waals surface area contributed by atoms with Crippen molar-refractivity contribution >= 4 is 11.8 Å². The van der Waals surface area contributed by atoms with Crippen molar-refractivity contribution in [3.63, 3.8) is 0 Å². The van der Waals surface area contributed by atoms with E-state index in [2.05, 4.69) is 62.8 Å². The van der Waals surface area contributed by atoms with E-state index < -0.39 is 0 Å². The van der Waals surface area contributed by atoms with Gasteiger partial charge in [-0.3, -0.25) is 4.99 Å². The topological polar surface area (TPSA) is 61.8 Å². The Morgan fingerprint density at radius 2 is 1.93 bits per heavy atom. The summed E-state index contributed by atoms with van der Waals surface area (Å²) in [4.78, 5) is 11.4. The van der Waals surface area contributed by atoms with Crippen molar-refractivity contribution in [2.24, 2.45) is 10.9 Å². The number of aliphatic imine (C=N–C) groups is 1. The van der Waals surface area contributed by atoms with Gasteiger partial charge in [0.2, 0.25) is 0 Å². The van der Waals surface area contributed by atoms with Gasteiger partial charge in [-0.1, -0.05) is 24.3 Å². The lowest BCUT2D eigenvalue weighted by molar-refractivity contribution is 0.296. The fourth-order valence-corrected chi connectivity index (χ4v) is 3.75. The molecule has 1 saturated heterocycles. The summed E-state index contributed by atoms with van der Waals surface area (Å²) in [5.41, 5.74) is 2.37. The fourth-order valence-electron chi connectivity index (χ4n) is 3.75. The van der Waals surface area contributed by atoms with Crippen LogP contribution in [0.4, 0.5) is 5.82 Å². The molecule has 0 atom stereocenters. The standard InChI is InChI=1S/C24H33N5O/c1-18-7-10-23(26-15-18)29-13-11-21(12-14-29)28-24(25-2)27-16-20-5-3-4-6-22(20)30-17-19-8-9-19/h3-7,10,15,19,21H,8-9,11-14,16-17H2,1-2H3,(H2,25,27,28). The summed E-state index contributed by atoms with van der Waals surface area (Å²) in [6.45, 7) is 5.61. The molecule has 4 rings (SSSR count). The van der Waals surface area contributed by atoms with Crippen LogP contribution in [0.3, 0.4) is 0 Å². The van der Waals surface area contributed by atoms with Crippen LogP contribution >= 0.6 is 0 Å². The third kappa shape index (κ3) is 5.65. The lowest BCUT2D eigenvalue weighted by Crippen LogP contribution is -2.48. The van der Waals surface area contributed by atoms with Gasteiger partial charge in [0.15, 0.2) is 5.96 Å². The molecule has 0 spiro atoms. The maximum absolute atomic E-state index is 6.03. The van der Waals surface area contributed by atoms with Gasteiger partial charge in [0.25, 0.3) is 0 Å². The van der Waals surface area contributed by atoms with Crippen LogP contribution in [0.15, 0.2) is 47.6 Å². The lowest BCUT2D eigenvalue weighted by atomic mass is 10.1. The zero-order valence-corrected chi connectivity index (χ0v) is 18.1. The molecule has 2 aromatic rings. The molecule has 0 unspecified atom stereocenters. The number of aromatic nitrogens is 1. The van der Waals surface area contributed by atoms with Crippen molar-refractivity contribution in [2.75, 3.05) is 31.6 Å². The van der Waals surface area contributed by atoms with E-state index in [4.69, 9.17) is 4.74 Å². The Morgan fingerprint density at radius 1 is 1.13 bits per heavy atom. The number of anilines is 1. The number of hydrogen-bond acceptors (Lipinski definition) is 4. The zero-order valence-electron chi connectivity index (χ0n) is 18.1. The third-order valence-electron chi connectivity index (χ3n) is 5.87. The molecule has 2 heterocycles. The maximum Gasteiger partial charge on any atom is 0.191 e. The third-order valence-corrected chi connectivity index (χ3v) is 5.87. The highest BCUT2D eigenvalue weighted by molar-refractivity contribution is 5.80. The summed E-state index contributed by atoms with van der Waals surface area (Å²) in [6.07, 6.45) is 6.68. The molecule has 6 heteroatoms. The number of benzene rings is 1. The average molecular weight is 408 g/mol. The molecule has 2 fully saturated rings. The van der Waals surface area contributed by atoms with E-state index in [1.54, 1.807) is 0 Å². The molecule has 30 heavy (non-hydrogen) atoms. The van der Waals surface area contributed by atoms with E-state index in [0.717, 1.165) is 56.0 Å². The molecule has 6 nitrogen and oxygen atoms in total. The number of guanidine groups is 1. The highest BCUT2D eigenvalue weighted by atomic mass is 16.5. The number of aryl methyl sites for hydroxylation is 1. The Kier molecular flexibility index (Phi) is 6.72. The molecule has 0 bridgehead atoms. The highest BCUT2D eigenvalue weighted by Crippen LogP contribution is 2.30. The van der Waals surface area contributed by atoms with Crippen molar-refractivity contribution in [2.45, 2.75) is 45.2 Å². The van der Waals surface area contributed by atoms with E-state index in [1.165, 1.54) is 24.0 Å². The van der Waals surface area contributed by atoms with Crippen LogP contribution in [-0.2, 0) is 6.54 Å². The first-order valence-corrected chi connectivity index (χ1v) is 11.1. The Morgan fingerprint density at radius 3 is 2.63 bits per heavy atom. The second-order valence-electron chi connectivity index (χ2n) is 8.39. The van der Waals surface area contributed by atoms with Crippen molar-refractivity contribution in [3.8, 4) is 5.75 Å². The summed E-state index contributed by atoms with van der Waals surface area (Å²) < 4.78 is 6.03. The first kappa shape index (κ1) is 20.5. The van der Waals surface area contributed by atoms with Gasteiger partial charge in [-0.15, -0.1) is 0 Å². The molecular weight excluding hydrogens is 374 g/mol. The average Bonchev–Trinajstić information content (AvgIpc) is 3.61. The van der Waals surface area contributed by atoms with Crippen molar-refractivity contribution in [1.29, 1.82) is 0 Å². The number of pyridine rings is 1. The summed E-state index contributed by atoms with van der Waals surface area (Å²) in [6, 6.07) is 12.9. The molecule has 160 valence electrons. The van der Waals surface area contributed by atoms with Crippen LogP contribution in [0, 0.1) is 12.8 Å². The first-order chi connectivity index (χ1) is 14.7. The number of rotatable bonds is 7. The van der Waals surface area contributed by atoms with E-state index in [1.807, 2.05) is 19.3 Å². The minimum atomic E-state index is 0.416. The smallest absolute Gasteiger partial charge is 0.191 e. The molecule has 1 aliphatic heterocycles. The molecule has 2 N–H and O–H groups in total. The highest BCUT2D eigenvalue weighted by Gasteiger charge is 2.23. The maximum atomic E-state index is 6.03. The van der Waals surface area contributed by atoms with Gasteiger partial charge in [0.1, 0.15) is 11.6 Å². The van der Waals surface area contributed by atoms with Gasteiger partial charge in [-0.2, -0.15) is 0 Å². The number of nitrogens with zero attached hydrogens (tertiary/aromatic N) is 3. The second kappa shape index (κ2) is 9.83. The normalized spacial score (nSPS) is 17.7. The van der Waals surface area contributed by atoms with Crippen molar-refractivity contribution in [1.82, 2.24) is 15.6 Å². The minimum Gasteiger partial charge on any atom is -0.493 e. The van der Waals surface area contributed by atoms with Gasteiger partial charge in [0.05, 0.1) is 6.61 Å². The monoisotopic (exact) mass is 407 g/mol. The number of ether oxygens (including phenoxy) is 1. The van der Waals surface area contributed by atoms with Crippen LogP contribution in [0.2, 0.25) is 0 Å². The molecule has 0 amide bonds. The van der Waals surface area contributed by atoms with Crippen LogP contribution < -0.4 is 20.3 Å². The number of piperidine rings is 1. The van der Waals surface area contributed by atoms with Crippen LogP contribution in [0.1, 0.15) is 36.8 Å². The predicted octanol–water partition coefficient (Wildman–Crippen LogP) is 3.51. The van der Waals surface area contributed by atoms with Gasteiger partial charge in [-0.25, -0.2) is 4.98 Å². The Bertz CT molecular complexity index is 839. The Balaban J connectivity index is 1.25. The summed E-state index contributed by atoms with van der Waals surface area (Å²) >= 11 is 0.